The maximum absolute atomic E-state index is 12.6. The summed E-state index contributed by atoms with van der Waals surface area (Å²) in [5, 5.41) is 3.10. The van der Waals surface area contributed by atoms with Crippen molar-refractivity contribution >= 4 is 5.91 Å². The minimum atomic E-state index is -0.0213. The number of nitrogens with one attached hydrogen (secondary N) is 1. The average Bonchev–Trinajstić information content (AvgIpc) is 2.55. The molecule has 4 aliphatic rings. The predicted octanol–water partition coefficient (Wildman–Crippen LogP) is 2.36. The molecule has 0 saturated heterocycles. The molecule has 0 aromatic rings. The highest BCUT2D eigenvalue weighted by Crippen LogP contribution is 2.57. The summed E-state index contributed by atoms with van der Waals surface area (Å²) in [7, 11) is 1.68. The van der Waals surface area contributed by atoms with Crippen molar-refractivity contribution in [2.45, 2.75) is 44.9 Å². The number of carbonyl (C=O) groups excluding carboxylic acids is 1. The van der Waals surface area contributed by atoms with Crippen LogP contribution in [-0.4, -0.2) is 26.2 Å². The van der Waals surface area contributed by atoms with E-state index in [9.17, 15) is 4.79 Å². The van der Waals surface area contributed by atoms with Gasteiger partial charge in [0.25, 0.3) is 0 Å². The van der Waals surface area contributed by atoms with Crippen LogP contribution in [0.5, 0.6) is 0 Å². The van der Waals surface area contributed by atoms with Gasteiger partial charge in [-0.2, -0.15) is 0 Å². The van der Waals surface area contributed by atoms with Gasteiger partial charge < -0.3 is 10.1 Å². The van der Waals surface area contributed by atoms with Gasteiger partial charge in [0.15, 0.2) is 0 Å². The molecule has 4 fully saturated rings. The Morgan fingerprint density at radius 1 is 1.22 bits per heavy atom. The Bertz CT molecular complexity index is 314. The molecule has 4 bridgehead atoms. The Hall–Kier alpha value is -0.570. The molecule has 2 atom stereocenters. The molecule has 4 rings (SSSR count). The summed E-state index contributed by atoms with van der Waals surface area (Å²) in [6.45, 7) is 1.28. The summed E-state index contributed by atoms with van der Waals surface area (Å²) in [6, 6.07) is 0. The third-order valence-corrected chi connectivity index (χ3v) is 5.46. The summed E-state index contributed by atoms with van der Waals surface area (Å²) in [5.74, 6) is 2.90. The van der Waals surface area contributed by atoms with Crippen LogP contribution >= 0.6 is 0 Å². The van der Waals surface area contributed by atoms with E-state index in [1.807, 2.05) is 0 Å². The fourth-order valence-electron chi connectivity index (χ4n) is 4.90. The third kappa shape index (κ3) is 2.18. The van der Waals surface area contributed by atoms with Crippen LogP contribution in [0.4, 0.5) is 0 Å². The lowest BCUT2D eigenvalue weighted by Crippen LogP contribution is -2.46. The lowest BCUT2D eigenvalue weighted by molar-refractivity contribution is -0.135. The smallest absolute Gasteiger partial charge is 0.226 e. The Morgan fingerprint density at radius 3 is 2.56 bits per heavy atom. The first kappa shape index (κ1) is 12.5. The number of fused-ring (bicyclic) bond motifs is 1. The largest absolute Gasteiger partial charge is 0.383 e. The maximum atomic E-state index is 12.6. The lowest BCUT2D eigenvalue weighted by Gasteiger charge is -2.44. The molecule has 0 radical (unpaired) electrons. The SMILES string of the molecule is COCCNC(=O)C12CCC3C[C@@H](C[C@H](C3)C1)C2. The normalized spacial score (nSPS) is 41.7. The van der Waals surface area contributed by atoms with Gasteiger partial charge in [-0.15, -0.1) is 0 Å². The second kappa shape index (κ2) is 4.84. The second-order valence-electron chi connectivity index (χ2n) is 6.78. The van der Waals surface area contributed by atoms with Gasteiger partial charge in [0.1, 0.15) is 0 Å². The zero-order valence-corrected chi connectivity index (χ0v) is 11.4. The molecule has 0 unspecified atom stereocenters. The van der Waals surface area contributed by atoms with Crippen LogP contribution in [0.2, 0.25) is 0 Å². The van der Waals surface area contributed by atoms with E-state index in [0.717, 1.165) is 37.0 Å². The standard InChI is InChI=1S/C15H25NO2/c1-18-5-4-16-14(17)15-3-2-11-6-12(9-15)8-13(7-11)10-15/h11-13H,2-10H2,1H3,(H,16,17)/t11?,12-,13-,15?/m0/s1. The lowest BCUT2D eigenvalue weighted by atomic mass is 9.61. The molecular formula is C15H25NO2. The molecule has 3 nitrogen and oxygen atoms in total. The van der Waals surface area contributed by atoms with Gasteiger partial charge in [0.05, 0.1) is 6.61 Å². The van der Waals surface area contributed by atoms with E-state index in [4.69, 9.17) is 4.74 Å². The monoisotopic (exact) mass is 251 g/mol. The molecule has 0 aromatic carbocycles. The van der Waals surface area contributed by atoms with Crippen LogP contribution < -0.4 is 5.32 Å². The van der Waals surface area contributed by atoms with Crippen molar-refractivity contribution < 1.29 is 9.53 Å². The van der Waals surface area contributed by atoms with Gasteiger partial charge in [-0.05, 0) is 62.7 Å². The van der Waals surface area contributed by atoms with Crippen LogP contribution in [-0.2, 0) is 9.53 Å². The molecule has 4 saturated carbocycles. The number of rotatable bonds is 4. The number of ether oxygens (including phenoxy) is 1. The topological polar surface area (TPSA) is 38.3 Å². The summed E-state index contributed by atoms with van der Waals surface area (Å²) in [4.78, 5) is 12.6. The van der Waals surface area contributed by atoms with E-state index in [2.05, 4.69) is 5.32 Å². The highest BCUT2D eigenvalue weighted by atomic mass is 16.5. The average molecular weight is 251 g/mol. The maximum Gasteiger partial charge on any atom is 0.226 e. The van der Waals surface area contributed by atoms with Crippen molar-refractivity contribution in [3.05, 3.63) is 0 Å². The minimum Gasteiger partial charge on any atom is -0.383 e. The molecule has 0 heterocycles. The zero-order chi connectivity index (χ0) is 12.6. The van der Waals surface area contributed by atoms with Gasteiger partial charge in [0.2, 0.25) is 5.91 Å². The molecule has 0 aliphatic heterocycles. The number of hydrogen-bond acceptors (Lipinski definition) is 2. The fraction of sp³-hybridized carbons (Fsp3) is 0.933. The van der Waals surface area contributed by atoms with Crippen LogP contribution in [0.1, 0.15) is 44.9 Å². The molecule has 1 N–H and O–H groups in total. The first-order valence-electron chi connectivity index (χ1n) is 7.49. The minimum absolute atomic E-state index is 0.0213. The molecule has 102 valence electrons. The van der Waals surface area contributed by atoms with Gasteiger partial charge in [0, 0.05) is 19.1 Å². The Balaban J connectivity index is 1.71. The van der Waals surface area contributed by atoms with E-state index in [0.29, 0.717) is 19.1 Å². The van der Waals surface area contributed by atoms with E-state index in [-0.39, 0.29) is 5.41 Å². The van der Waals surface area contributed by atoms with Crippen LogP contribution in [0.15, 0.2) is 0 Å². The van der Waals surface area contributed by atoms with Crippen molar-refractivity contribution in [3.8, 4) is 0 Å². The molecule has 18 heavy (non-hydrogen) atoms. The molecule has 0 aromatic heterocycles. The summed E-state index contributed by atoms with van der Waals surface area (Å²) in [6.07, 6.45) is 8.89. The van der Waals surface area contributed by atoms with Gasteiger partial charge in [-0.1, -0.05) is 0 Å². The first-order chi connectivity index (χ1) is 8.72. The quantitative estimate of drug-likeness (QED) is 0.779. The van der Waals surface area contributed by atoms with Crippen molar-refractivity contribution in [3.63, 3.8) is 0 Å². The summed E-state index contributed by atoms with van der Waals surface area (Å²) in [5.41, 5.74) is -0.0213. The Morgan fingerprint density at radius 2 is 1.89 bits per heavy atom. The van der Waals surface area contributed by atoms with Gasteiger partial charge in [-0.3, -0.25) is 4.79 Å². The number of methoxy groups -OCH3 is 1. The van der Waals surface area contributed by atoms with Crippen LogP contribution in [0.3, 0.4) is 0 Å². The van der Waals surface area contributed by atoms with Crippen LogP contribution in [0.25, 0.3) is 0 Å². The first-order valence-corrected chi connectivity index (χ1v) is 7.49. The number of hydrogen-bond donors (Lipinski definition) is 1. The summed E-state index contributed by atoms with van der Waals surface area (Å²) >= 11 is 0. The molecule has 3 heteroatoms. The van der Waals surface area contributed by atoms with E-state index in [1.165, 1.54) is 25.7 Å². The molecular weight excluding hydrogens is 226 g/mol. The zero-order valence-electron chi connectivity index (χ0n) is 11.4. The van der Waals surface area contributed by atoms with Crippen molar-refractivity contribution in [1.29, 1.82) is 0 Å². The van der Waals surface area contributed by atoms with Crippen LogP contribution in [0, 0.1) is 23.2 Å². The number of carbonyl (C=O) groups is 1. The highest BCUT2D eigenvalue weighted by molar-refractivity contribution is 5.82. The number of amides is 1. The highest BCUT2D eigenvalue weighted by Gasteiger charge is 2.51. The Labute approximate surface area is 110 Å². The van der Waals surface area contributed by atoms with E-state index >= 15 is 0 Å². The predicted molar refractivity (Wildman–Crippen MR) is 70.1 cm³/mol. The molecule has 0 spiro atoms. The Kier molecular flexibility index (Phi) is 3.35. The van der Waals surface area contributed by atoms with Crippen molar-refractivity contribution in [1.82, 2.24) is 5.32 Å². The fourth-order valence-corrected chi connectivity index (χ4v) is 4.90. The second-order valence-corrected chi connectivity index (χ2v) is 6.78. The van der Waals surface area contributed by atoms with E-state index in [1.54, 1.807) is 7.11 Å². The van der Waals surface area contributed by atoms with Crippen molar-refractivity contribution in [2.75, 3.05) is 20.3 Å². The van der Waals surface area contributed by atoms with Crippen molar-refractivity contribution in [2.24, 2.45) is 23.2 Å². The third-order valence-electron chi connectivity index (χ3n) is 5.46. The molecule has 4 aliphatic carbocycles. The van der Waals surface area contributed by atoms with Gasteiger partial charge in [-0.25, -0.2) is 0 Å². The van der Waals surface area contributed by atoms with E-state index < -0.39 is 0 Å². The summed E-state index contributed by atoms with van der Waals surface area (Å²) < 4.78 is 5.02. The molecule has 1 amide bonds. The van der Waals surface area contributed by atoms with Gasteiger partial charge >= 0.3 is 0 Å².